The number of allylic oxidation sites excluding steroid dienone is 1. The van der Waals surface area contributed by atoms with Crippen molar-refractivity contribution in [3.8, 4) is 0 Å². The lowest BCUT2D eigenvalue weighted by molar-refractivity contribution is 0.0988. The molecular formula is C13H17N3O. The van der Waals surface area contributed by atoms with E-state index in [1.807, 2.05) is 13.0 Å². The predicted octanol–water partition coefficient (Wildman–Crippen LogP) is 1.49. The summed E-state index contributed by atoms with van der Waals surface area (Å²) in [6.45, 7) is 7.56. The van der Waals surface area contributed by atoms with E-state index in [0.717, 1.165) is 43.3 Å². The van der Waals surface area contributed by atoms with Gasteiger partial charge >= 0.3 is 0 Å². The van der Waals surface area contributed by atoms with Crippen molar-refractivity contribution in [1.82, 2.24) is 9.97 Å². The average Bonchev–Trinajstić information content (AvgIpc) is 2.90. The molecule has 0 spiro atoms. The van der Waals surface area contributed by atoms with Crippen LogP contribution in [0.15, 0.2) is 18.7 Å². The number of fused-ring (bicyclic) bond motifs is 2. The van der Waals surface area contributed by atoms with Gasteiger partial charge in [0.05, 0.1) is 18.8 Å². The van der Waals surface area contributed by atoms with Gasteiger partial charge in [0.1, 0.15) is 11.6 Å². The highest BCUT2D eigenvalue weighted by Crippen LogP contribution is 2.31. The lowest BCUT2D eigenvalue weighted by Gasteiger charge is -2.28. The van der Waals surface area contributed by atoms with E-state index in [1.54, 1.807) is 0 Å². The molecule has 2 saturated heterocycles. The lowest BCUT2D eigenvalue weighted by Crippen LogP contribution is -2.37. The Hall–Kier alpha value is -1.42. The van der Waals surface area contributed by atoms with E-state index in [0.29, 0.717) is 12.1 Å². The molecule has 0 radical (unpaired) electrons. The predicted molar refractivity (Wildman–Crippen MR) is 66.2 cm³/mol. The molecule has 0 saturated carbocycles. The largest absolute Gasteiger partial charge is 0.374 e. The molecule has 0 amide bonds. The van der Waals surface area contributed by atoms with Crippen molar-refractivity contribution in [2.75, 3.05) is 18.1 Å². The first-order valence-corrected chi connectivity index (χ1v) is 6.10. The summed E-state index contributed by atoms with van der Waals surface area (Å²) in [7, 11) is 0. The van der Waals surface area contributed by atoms with Crippen molar-refractivity contribution in [2.45, 2.75) is 31.9 Å². The van der Waals surface area contributed by atoms with Gasteiger partial charge in [0.2, 0.25) is 0 Å². The number of hydrogen-bond donors (Lipinski definition) is 0. The van der Waals surface area contributed by atoms with Crippen LogP contribution in [0.1, 0.15) is 17.9 Å². The minimum Gasteiger partial charge on any atom is -0.374 e. The average molecular weight is 231 g/mol. The maximum atomic E-state index is 5.61. The Morgan fingerprint density at radius 3 is 3.12 bits per heavy atom. The SMILES string of the molecule is C=CCc1nc(C)cc(N2C[C@@H]3C[C@H]2CO3)n1. The maximum absolute atomic E-state index is 5.61. The van der Waals surface area contributed by atoms with Gasteiger partial charge < -0.3 is 9.64 Å². The molecule has 90 valence electrons. The molecule has 1 aromatic heterocycles. The highest BCUT2D eigenvalue weighted by molar-refractivity contribution is 5.44. The van der Waals surface area contributed by atoms with Crippen molar-refractivity contribution < 1.29 is 4.74 Å². The van der Waals surface area contributed by atoms with E-state index in [-0.39, 0.29) is 0 Å². The first-order valence-electron chi connectivity index (χ1n) is 6.10. The van der Waals surface area contributed by atoms with Crippen LogP contribution in [0.2, 0.25) is 0 Å². The summed E-state index contributed by atoms with van der Waals surface area (Å²) in [5.41, 5.74) is 1.02. The van der Waals surface area contributed by atoms with Gasteiger partial charge in [0.25, 0.3) is 0 Å². The quantitative estimate of drug-likeness (QED) is 0.739. The fourth-order valence-electron chi connectivity index (χ4n) is 2.66. The van der Waals surface area contributed by atoms with Gasteiger partial charge in [-0.2, -0.15) is 0 Å². The van der Waals surface area contributed by atoms with Gasteiger partial charge in [-0.3, -0.25) is 0 Å². The van der Waals surface area contributed by atoms with Crippen LogP contribution in [0.4, 0.5) is 5.82 Å². The van der Waals surface area contributed by atoms with Gasteiger partial charge in [-0.25, -0.2) is 9.97 Å². The molecule has 0 unspecified atom stereocenters. The highest BCUT2D eigenvalue weighted by Gasteiger charge is 2.39. The second-order valence-electron chi connectivity index (χ2n) is 4.77. The fraction of sp³-hybridized carbons (Fsp3) is 0.538. The first-order chi connectivity index (χ1) is 8.26. The standard InChI is InChI=1S/C13H17N3O/c1-3-4-12-14-9(2)5-13(15-12)16-7-11-6-10(16)8-17-11/h3,5,10-11H,1,4,6-8H2,2H3/t10-,11-/m0/s1. The van der Waals surface area contributed by atoms with E-state index in [4.69, 9.17) is 4.74 Å². The van der Waals surface area contributed by atoms with Crippen LogP contribution in [-0.2, 0) is 11.2 Å². The van der Waals surface area contributed by atoms with Gasteiger partial charge in [-0.1, -0.05) is 6.08 Å². The number of nitrogens with zero attached hydrogens (tertiary/aromatic N) is 3. The molecule has 0 aromatic carbocycles. The van der Waals surface area contributed by atoms with Gasteiger partial charge in [-0.05, 0) is 13.3 Å². The second-order valence-corrected chi connectivity index (χ2v) is 4.77. The Morgan fingerprint density at radius 2 is 2.47 bits per heavy atom. The molecule has 4 heteroatoms. The van der Waals surface area contributed by atoms with E-state index in [2.05, 4.69) is 27.5 Å². The van der Waals surface area contributed by atoms with Crippen LogP contribution in [0.3, 0.4) is 0 Å². The zero-order valence-corrected chi connectivity index (χ0v) is 10.1. The number of ether oxygens (including phenoxy) is 1. The van der Waals surface area contributed by atoms with Crippen molar-refractivity contribution in [2.24, 2.45) is 0 Å². The molecule has 4 nitrogen and oxygen atoms in total. The van der Waals surface area contributed by atoms with E-state index in [1.165, 1.54) is 0 Å². The molecule has 1 aromatic rings. The van der Waals surface area contributed by atoms with E-state index in [9.17, 15) is 0 Å². The molecule has 2 fully saturated rings. The zero-order chi connectivity index (χ0) is 11.8. The van der Waals surface area contributed by atoms with Gasteiger partial charge in [-0.15, -0.1) is 6.58 Å². The molecule has 2 atom stereocenters. The molecule has 2 bridgehead atoms. The van der Waals surface area contributed by atoms with Crippen LogP contribution in [0, 0.1) is 6.92 Å². The van der Waals surface area contributed by atoms with Gasteiger partial charge in [0.15, 0.2) is 0 Å². The monoisotopic (exact) mass is 231 g/mol. The Kier molecular flexibility index (Phi) is 2.59. The molecule has 0 aliphatic carbocycles. The van der Waals surface area contributed by atoms with Crippen LogP contribution >= 0.6 is 0 Å². The highest BCUT2D eigenvalue weighted by atomic mass is 16.5. The number of rotatable bonds is 3. The number of aromatic nitrogens is 2. The van der Waals surface area contributed by atoms with Crippen molar-refractivity contribution in [1.29, 1.82) is 0 Å². The molecule has 3 rings (SSSR count). The molecule has 2 aliphatic heterocycles. The third-order valence-corrected chi connectivity index (χ3v) is 3.41. The Balaban J connectivity index is 1.89. The van der Waals surface area contributed by atoms with Gasteiger partial charge in [0, 0.05) is 24.7 Å². The molecule has 2 aliphatic rings. The topological polar surface area (TPSA) is 38.2 Å². The number of hydrogen-bond acceptors (Lipinski definition) is 4. The Morgan fingerprint density at radius 1 is 1.59 bits per heavy atom. The van der Waals surface area contributed by atoms with Crippen molar-refractivity contribution in [3.63, 3.8) is 0 Å². The smallest absolute Gasteiger partial charge is 0.134 e. The maximum Gasteiger partial charge on any atom is 0.134 e. The molecular weight excluding hydrogens is 214 g/mol. The number of aryl methyl sites for hydroxylation is 1. The normalized spacial score (nSPS) is 26.5. The summed E-state index contributed by atoms with van der Waals surface area (Å²) >= 11 is 0. The fourth-order valence-corrected chi connectivity index (χ4v) is 2.66. The van der Waals surface area contributed by atoms with Crippen molar-refractivity contribution >= 4 is 5.82 Å². The zero-order valence-electron chi connectivity index (χ0n) is 10.1. The molecule has 17 heavy (non-hydrogen) atoms. The summed E-state index contributed by atoms with van der Waals surface area (Å²) in [6.07, 6.45) is 4.11. The molecule has 3 heterocycles. The third-order valence-electron chi connectivity index (χ3n) is 3.41. The first kappa shape index (κ1) is 10.7. The summed E-state index contributed by atoms with van der Waals surface area (Å²) in [5, 5.41) is 0. The minimum absolute atomic E-state index is 0.401. The van der Waals surface area contributed by atoms with E-state index < -0.39 is 0 Å². The summed E-state index contributed by atoms with van der Waals surface area (Å²) < 4.78 is 5.61. The summed E-state index contributed by atoms with van der Waals surface area (Å²) in [4.78, 5) is 11.4. The number of morpholine rings is 1. The summed E-state index contributed by atoms with van der Waals surface area (Å²) in [5.74, 6) is 1.91. The Labute approximate surface area is 101 Å². The van der Waals surface area contributed by atoms with Crippen LogP contribution in [-0.4, -0.2) is 35.3 Å². The van der Waals surface area contributed by atoms with Crippen LogP contribution in [0.5, 0.6) is 0 Å². The Bertz CT molecular complexity index is 446. The van der Waals surface area contributed by atoms with E-state index >= 15 is 0 Å². The van der Waals surface area contributed by atoms with Crippen molar-refractivity contribution in [3.05, 3.63) is 30.2 Å². The summed E-state index contributed by atoms with van der Waals surface area (Å²) in [6, 6.07) is 2.57. The number of anilines is 1. The lowest BCUT2D eigenvalue weighted by atomic mass is 10.2. The van der Waals surface area contributed by atoms with Crippen LogP contribution < -0.4 is 4.90 Å². The minimum atomic E-state index is 0.401. The van der Waals surface area contributed by atoms with Crippen LogP contribution in [0.25, 0.3) is 0 Å². The third kappa shape index (κ3) is 1.93. The second kappa shape index (κ2) is 4.11. The molecule has 0 N–H and O–H groups in total.